The molecule has 3 nitrogen and oxygen atoms in total. The van der Waals surface area contributed by atoms with Crippen molar-refractivity contribution in [1.82, 2.24) is 4.90 Å². The maximum Gasteiger partial charge on any atom is 0.0963 e. The number of hydrogen-bond acceptors (Lipinski definition) is 3. The van der Waals surface area contributed by atoms with E-state index in [1.54, 1.807) is 0 Å². The fraction of sp³-hybridized carbons (Fsp3) is 1.00. The predicted molar refractivity (Wildman–Crippen MR) is 60.0 cm³/mol. The summed E-state index contributed by atoms with van der Waals surface area (Å²) in [5.74, 6) is 0. The molecule has 2 saturated heterocycles. The lowest BCUT2D eigenvalue weighted by Gasteiger charge is -2.38. The Morgan fingerprint density at radius 2 is 2.07 bits per heavy atom. The van der Waals surface area contributed by atoms with Crippen molar-refractivity contribution in [2.24, 2.45) is 0 Å². The van der Waals surface area contributed by atoms with E-state index in [0.717, 1.165) is 26.3 Å². The second-order valence-corrected chi connectivity index (χ2v) is 4.71. The van der Waals surface area contributed by atoms with E-state index in [1.165, 1.54) is 19.3 Å². The van der Waals surface area contributed by atoms with Gasteiger partial charge in [-0.05, 0) is 26.2 Å². The summed E-state index contributed by atoms with van der Waals surface area (Å²) in [5, 5.41) is 0. The van der Waals surface area contributed by atoms with Crippen molar-refractivity contribution in [3.8, 4) is 0 Å². The van der Waals surface area contributed by atoms with Gasteiger partial charge in [-0.2, -0.15) is 0 Å². The highest BCUT2D eigenvalue weighted by atomic mass is 16.5. The number of ether oxygens (including phenoxy) is 2. The maximum absolute atomic E-state index is 5.82. The fourth-order valence-corrected chi connectivity index (χ4v) is 2.48. The van der Waals surface area contributed by atoms with Gasteiger partial charge >= 0.3 is 0 Å². The third-order valence-electron chi connectivity index (χ3n) is 3.72. The van der Waals surface area contributed by atoms with Gasteiger partial charge in [-0.15, -0.1) is 0 Å². The Morgan fingerprint density at radius 1 is 1.27 bits per heavy atom. The molecule has 1 unspecified atom stereocenters. The Kier molecular flexibility index (Phi) is 4.00. The summed E-state index contributed by atoms with van der Waals surface area (Å²) in [5.41, 5.74) is 0. The SMILES string of the molecule is CCC(C)N1CCO[C@@H]([C@@H]2CCCO2)C1. The van der Waals surface area contributed by atoms with Gasteiger partial charge in [0.2, 0.25) is 0 Å². The van der Waals surface area contributed by atoms with Crippen molar-refractivity contribution in [2.45, 2.75) is 51.4 Å². The topological polar surface area (TPSA) is 21.7 Å². The van der Waals surface area contributed by atoms with Gasteiger partial charge in [-0.3, -0.25) is 4.90 Å². The second-order valence-electron chi connectivity index (χ2n) is 4.71. The third-order valence-corrected chi connectivity index (χ3v) is 3.72. The zero-order valence-corrected chi connectivity index (χ0v) is 9.95. The predicted octanol–water partition coefficient (Wildman–Crippen LogP) is 1.66. The standard InChI is InChI=1S/C12H23NO2/c1-3-10(2)13-6-8-15-12(9-13)11-5-4-7-14-11/h10-12H,3-9H2,1-2H3/t10?,11-,12+/m0/s1. The minimum Gasteiger partial charge on any atom is -0.375 e. The van der Waals surface area contributed by atoms with Crippen LogP contribution in [0, 0.1) is 0 Å². The third kappa shape index (κ3) is 2.71. The van der Waals surface area contributed by atoms with Crippen LogP contribution in [-0.4, -0.2) is 49.5 Å². The van der Waals surface area contributed by atoms with Gasteiger partial charge in [0.1, 0.15) is 0 Å². The molecule has 0 spiro atoms. The van der Waals surface area contributed by atoms with Crippen molar-refractivity contribution in [3.05, 3.63) is 0 Å². The van der Waals surface area contributed by atoms with E-state index >= 15 is 0 Å². The molecule has 2 heterocycles. The van der Waals surface area contributed by atoms with Crippen LogP contribution in [-0.2, 0) is 9.47 Å². The van der Waals surface area contributed by atoms with E-state index in [4.69, 9.17) is 9.47 Å². The molecular formula is C12H23NO2. The van der Waals surface area contributed by atoms with Crippen LogP contribution in [0.3, 0.4) is 0 Å². The largest absolute Gasteiger partial charge is 0.375 e. The van der Waals surface area contributed by atoms with Crippen LogP contribution in [0.25, 0.3) is 0 Å². The molecule has 2 aliphatic rings. The number of hydrogen-bond donors (Lipinski definition) is 0. The fourth-order valence-electron chi connectivity index (χ4n) is 2.48. The lowest BCUT2D eigenvalue weighted by atomic mass is 10.1. The lowest BCUT2D eigenvalue weighted by molar-refractivity contribution is -0.101. The highest BCUT2D eigenvalue weighted by molar-refractivity contribution is 4.83. The first kappa shape index (κ1) is 11.4. The number of morpholine rings is 1. The zero-order chi connectivity index (χ0) is 10.7. The molecule has 0 radical (unpaired) electrons. The molecule has 0 aromatic heterocycles. The Hall–Kier alpha value is -0.120. The minimum absolute atomic E-state index is 0.315. The first-order chi connectivity index (χ1) is 7.31. The van der Waals surface area contributed by atoms with Gasteiger partial charge in [0.25, 0.3) is 0 Å². The molecular weight excluding hydrogens is 190 g/mol. The highest BCUT2D eigenvalue weighted by Crippen LogP contribution is 2.22. The first-order valence-electron chi connectivity index (χ1n) is 6.28. The van der Waals surface area contributed by atoms with Gasteiger partial charge in [0.15, 0.2) is 0 Å². The molecule has 0 saturated carbocycles. The molecule has 2 rings (SSSR count). The molecule has 0 aliphatic carbocycles. The smallest absolute Gasteiger partial charge is 0.0963 e. The molecule has 0 bridgehead atoms. The van der Waals surface area contributed by atoms with Gasteiger partial charge < -0.3 is 9.47 Å². The van der Waals surface area contributed by atoms with Crippen molar-refractivity contribution < 1.29 is 9.47 Å². The summed E-state index contributed by atoms with van der Waals surface area (Å²) in [6.45, 7) is 8.49. The molecule has 15 heavy (non-hydrogen) atoms. The molecule has 3 atom stereocenters. The molecule has 0 amide bonds. The van der Waals surface area contributed by atoms with Crippen LogP contribution in [0.2, 0.25) is 0 Å². The molecule has 0 aromatic rings. The molecule has 0 N–H and O–H groups in total. The summed E-state index contributed by atoms with van der Waals surface area (Å²) in [4.78, 5) is 2.54. The highest BCUT2D eigenvalue weighted by Gasteiger charge is 2.32. The number of rotatable bonds is 3. The van der Waals surface area contributed by atoms with Crippen LogP contribution in [0.4, 0.5) is 0 Å². The van der Waals surface area contributed by atoms with E-state index in [0.29, 0.717) is 18.2 Å². The van der Waals surface area contributed by atoms with Crippen molar-refractivity contribution in [3.63, 3.8) is 0 Å². The van der Waals surface area contributed by atoms with Crippen molar-refractivity contribution in [2.75, 3.05) is 26.3 Å². The molecule has 88 valence electrons. The van der Waals surface area contributed by atoms with Crippen LogP contribution in [0.1, 0.15) is 33.1 Å². The lowest BCUT2D eigenvalue weighted by Crippen LogP contribution is -2.50. The molecule has 3 heteroatoms. The normalized spacial score (nSPS) is 35.6. The summed E-state index contributed by atoms with van der Waals surface area (Å²) in [7, 11) is 0. The van der Waals surface area contributed by atoms with E-state index in [9.17, 15) is 0 Å². The molecule has 2 aliphatic heterocycles. The van der Waals surface area contributed by atoms with E-state index < -0.39 is 0 Å². The van der Waals surface area contributed by atoms with E-state index in [-0.39, 0.29) is 0 Å². The van der Waals surface area contributed by atoms with Gasteiger partial charge in [-0.25, -0.2) is 0 Å². The monoisotopic (exact) mass is 213 g/mol. The minimum atomic E-state index is 0.315. The van der Waals surface area contributed by atoms with E-state index in [2.05, 4.69) is 18.7 Å². The second kappa shape index (κ2) is 5.28. The van der Waals surface area contributed by atoms with Crippen LogP contribution in [0.5, 0.6) is 0 Å². The van der Waals surface area contributed by atoms with Crippen molar-refractivity contribution >= 4 is 0 Å². The average Bonchev–Trinajstić information content (AvgIpc) is 2.82. The Balaban J connectivity index is 1.86. The Labute approximate surface area is 92.7 Å². The van der Waals surface area contributed by atoms with Gasteiger partial charge in [0.05, 0.1) is 18.8 Å². The zero-order valence-electron chi connectivity index (χ0n) is 9.95. The quantitative estimate of drug-likeness (QED) is 0.712. The first-order valence-corrected chi connectivity index (χ1v) is 6.28. The van der Waals surface area contributed by atoms with Crippen LogP contribution in [0.15, 0.2) is 0 Å². The van der Waals surface area contributed by atoms with Gasteiger partial charge in [0, 0.05) is 25.7 Å². The van der Waals surface area contributed by atoms with E-state index in [1.807, 2.05) is 0 Å². The molecule has 2 fully saturated rings. The van der Waals surface area contributed by atoms with Crippen molar-refractivity contribution in [1.29, 1.82) is 0 Å². The summed E-state index contributed by atoms with van der Waals surface area (Å²) < 4.78 is 11.5. The van der Waals surface area contributed by atoms with Crippen LogP contribution < -0.4 is 0 Å². The maximum atomic E-state index is 5.82. The summed E-state index contributed by atoms with van der Waals surface area (Å²) in [6, 6.07) is 0.679. The summed E-state index contributed by atoms with van der Waals surface area (Å²) >= 11 is 0. The average molecular weight is 213 g/mol. The Morgan fingerprint density at radius 3 is 2.73 bits per heavy atom. The molecule has 0 aromatic carbocycles. The Bertz CT molecular complexity index is 192. The van der Waals surface area contributed by atoms with Gasteiger partial charge in [-0.1, -0.05) is 6.92 Å². The number of nitrogens with zero attached hydrogens (tertiary/aromatic N) is 1. The van der Waals surface area contributed by atoms with Crippen LogP contribution >= 0.6 is 0 Å². The summed E-state index contributed by atoms with van der Waals surface area (Å²) in [6.07, 6.45) is 4.28.